The lowest BCUT2D eigenvalue weighted by Gasteiger charge is -2.28. The van der Waals surface area contributed by atoms with Gasteiger partial charge in [0, 0.05) is 31.2 Å². The molecular weight excluding hydrogens is 374 g/mol. The zero-order valence-corrected chi connectivity index (χ0v) is 18.6. The van der Waals surface area contributed by atoms with Crippen LogP contribution in [-0.2, 0) is 4.79 Å². The molecule has 1 N–H and O–H groups in total. The van der Waals surface area contributed by atoms with E-state index in [1.54, 1.807) is 30.8 Å². The highest BCUT2D eigenvalue weighted by atomic mass is 32.2. The van der Waals surface area contributed by atoms with Crippen LogP contribution in [0.1, 0.15) is 51.5 Å². The number of thioether (sulfide) groups is 1. The van der Waals surface area contributed by atoms with E-state index in [9.17, 15) is 9.59 Å². The summed E-state index contributed by atoms with van der Waals surface area (Å²) in [5.41, 5.74) is 0.758. The number of ether oxygens (including phenoxy) is 1. The topological polar surface area (TPSA) is 61.9 Å². The Morgan fingerprint density at radius 3 is 2.61 bits per heavy atom. The van der Waals surface area contributed by atoms with Crippen molar-refractivity contribution in [2.45, 2.75) is 56.7 Å². The van der Waals surface area contributed by atoms with Crippen LogP contribution in [0.15, 0.2) is 24.3 Å². The summed E-state index contributed by atoms with van der Waals surface area (Å²) < 4.78 is 5.52. The Labute approximate surface area is 173 Å². The van der Waals surface area contributed by atoms with Crippen LogP contribution in [0.5, 0.6) is 5.75 Å². The summed E-state index contributed by atoms with van der Waals surface area (Å²) in [7, 11) is 3.44. The molecule has 156 valence electrons. The van der Waals surface area contributed by atoms with Gasteiger partial charge in [0.25, 0.3) is 0 Å². The van der Waals surface area contributed by atoms with Crippen molar-refractivity contribution in [1.82, 2.24) is 15.1 Å². The van der Waals surface area contributed by atoms with E-state index in [1.165, 1.54) is 0 Å². The summed E-state index contributed by atoms with van der Waals surface area (Å²) in [4.78, 5) is 28.7. The third-order valence-corrected chi connectivity index (χ3v) is 6.26. The van der Waals surface area contributed by atoms with E-state index < -0.39 is 0 Å². The van der Waals surface area contributed by atoms with Gasteiger partial charge < -0.3 is 19.9 Å². The van der Waals surface area contributed by atoms with E-state index in [-0.39, 0.29) is 28.1 Å². The lowest BCUT2D eigenvalue weighted by atomic mass is 10.1. The first-order chi connectivity index (χ1) is 13.2. The Hall–Kier alpha value is -1.89. The third kappa shape index (κ3) is 5.56. The van der Waals surface area contributed by atoms with Crippen LogP contribution in [-0.4, -0.2) is 59.8 Å². The lowest BCUT2D eigenvalue weighted by molar-refractivity contribution is -0.130. The molecule has 0 radical (unpaired) electrons. The maximum atomic E-state index is 12.9. The van der Waals surface area contributed by atoms with Gasteiger partial charge in [-0.3, -0.25) is 4.79 Å². The van der Waals surface area contributed by atoms with Gasteiger partial charge in [-0.25, -0.2) is 4.79 Å². The molecule has 3 amide bonds. The highest BCUT2D eigenvalue weighted by Gasteiger charge is 2.40. The quantitative estimate of drug-likeness (QED) is 0.745. The summed E-state index contributed by atoms with van der Waals surface area (Å²) in [6.45, 7) is 9.12. The monoisotopic (exact) mass is 407 g/mol. The summed E-state index contributed by atoms with van der Waals surface area (Å²) >= 11 is 1.69. The maximum Gasteiger partial charge on any atom is 0.317 e. The van der Waals surface area contributed by atoms with Crippen molar-refractivity contribution >= 4 is 23.7 Å². The van der Waals surface area contributed by atoms with Gasteiger partial charge in [0.1, 0.15) is 11.1 Å². The number of carbonyl (C=O) groups is 2. The van der Waals surface area contributed by atoms with E-state index in [0.29, 0.717) is 13.1 Å². The lowest BCUT2D eigenvalue weighted by Crippen LogP contribution is -2.47. The second-order valence-electron chi connectivity index (χ2n) is 8.11. The fourth-order valence-electron chi connectivity index (χ4n) is 3.19. The fourth-order valence-corrected chi connectivity index (χ4v) is 4.65. The van der Waals surface area contributed by atoms with Gasteiger partial charge >= 0.3 is 6.03 Å². The molecule has 0 aliphatic carbocycles. The van der Waals surface area contributed by atoms with Crippen LogP contribution >= 0.6 is 11.8 Å². The maximum absolute atomic E-state index is 12.9. The first-order valence-corrected chi connectivity index (χ1v) is 10.7. The van der Waals surface area contributed by atoms with Crippen molar-refractivity contribution in [2.75, 3.05) is 27.2 Å². The first-order valence-electron chi connectivity index (χ1n) is 9.80. The van der Waals surface area contributed by atoms with Crippen molar-refractivity contribution in [3.63, 3.8) is 0 Å². The number of amides is 3. The number of carbonyl (C=O) groups excluding carboxylic acids is 2. The molecule has 1 aliphatic heterocycles. The van der Waals surface area contributed by atoms with Crippen LogP contribution in [0.2, 0.25) is 0 Å². The largest absolute Gasteiger partial charge is 0.496 e. The number of hydrogen-bond donors (Lipinski definition) is 1. The van der Waals surface area contributed by atoms with E-state index in [1.807, 2.05) is 56.9 Å². The van der Waals surface area contributed by atoms with Gasteiger partial charge in [0.2, 0.25) is 5.91 Å². The number of nitrogens with zero attached hydrogens (tertiary/aromatic N) is 2. The zero-order chi connectivity index (χ0) is 20.9. The van der Waals surface area contributed by atoms with Crippen LogP contribution in [0.25, 0.3) is 0 Å². The minimum atomic E-state index is -0.268. The molecule has 2 rings (SSSR count). The Morgan fingerprint density at radius 1 is 1.32 bits per heavy atom. The van der Waals surface area contributed by atoms with E-state index >= 15 is 0 Å². The highest BCUT2D eigenvalue weighted by molar-refractivity contribution is 8.01. The third-order valence-electron chi connectivity index (χ3n) is 4.63. The van der Waals surface area contributed by atoms with Crippen LogP contribution < -0.4 is 10.1 Å². The zero-order valence-electron chi connectivity index (χ0n) is 17.8. The van der Waals surface area contributed by atoms with E-state index in [2.05, 4.69) is 5.32 Å². The molecule has 0 saturated carbocycles. The fraction of sp³-hybridized carbons (Fsp3) is 0.619. The average molecular weight is 408 g/mol. The molecule has 1 saturated heterocycles. The molecule has 28 heavy (non-hydrogen) atoms. The second-order valence-corrected chi connectivity index (χ2v) is 9.40. The van der Waals surface area contributed by atoms with Gasteiger partial charge in [0.15, 0.2) is 0 Å². The molecule has 1 aromatic carbocycles. The average Bonchev–Trinajstić information content (AvgIpc) is 2.96. The molecule has 0 bridgehead atoms. The summed E-state index contributed by atoms with van der Waals surface area (Å²) in [6, 6.07) is 7.78. The predicted molar refractivity (Wildman–Crippen MR) is 115 cm³/mol. The SMILES string of the molecule is CC[C@H]1S[C@@H](c2ccccc2OC)N(CCCN(C)C(=O)NC(C)(C)C)C1=O. The number of hydrogen-bond acceptors (Lipinski definition) is 4. The minimum absolute atomic E-state index is 0.0307. The molecule has 7 heteroatoms. The van der Waals surface area contributed by atoms with Gasteiger partial charge in [-0.15, -0.1) is 11.8 Å². The Kier molecular flexibility index (Phi) is 7.63. The smallest absolute Gasteiger partial charge is 0.317 e. The molecule has 6 nitrogen and oxygen atoms in total. The standard InChI is InChI=1S/C21H33N3O3S/c1-7-17-18(25)24(14-10-13-23(5)20(26)22-21(2,3)4)19(28-17)15-11-8-9-12-16(15)27-6/h8-9,11-12,17,19H,7,10,13-14H2,1-6H3,(H,22,26)/t17-,19+/m1/s1. The van der Waals surface area contributed by atoms with Gasteiger partial charge in [-0.05, 0) is 39.7 Å². The Balaban J connectivity index is 2.04. The molecule has 1 fully saturated rings. The Morgan fingerprint density at radius 2 is 2.00 bits per heavy atom. The van der Waals surface area contributed by atoms with Crippen LogP contribution in [0.3, 0.4) is 0 Å². The van der Waals surface area contributed by atoms with Crippen molar-refractivity contribution in [3.8, 4) is 5.75 Å². The van der Waals surface area contributed by atoms with Gasteiger partial charge in [-0.2, -0.15) is 0 Å². The number of benzene rings is 1. The molecular formula is C21H33N3O3S. The van der Waals surface area contributed by atoms with Crippen molar-refractivity contribution in [2.24, 2.45) is 0 Å². The van der Waals surface area contributed by atoms with Crippen molar-refractivity contribution in [3.05, 3.63) is 29.8 Å². The summed E-state index contributed by atoms with van der Waals surface area (Å²) in [6.07, 6.45) is 1.53. The molecule has 2 atom stereocenters. The number of urea groups is 1. The number of rotatable bonds is 7. The van der Waals surface area contributed by atoms with Gasteiger partial charge in [0.05, 0.1) is 12.4 Å². The molecule has 0 unspecified atom stereocenters. The number of methoxy groups -OCH3 is 1. The van der Waals surface area contributed by atoms with Crippen molar-refractivity contribution < 1.29 is 14.3 Å². The molecule has 1 aliphatic rings. The van der Waals surface area contributed by atoms with E-state index in [4.69, 9.17) is 4.74 Å². The summed E-state index contributed by atoms with van der Waals surface area (Å²) in [5.74, 6) is 0.974. The number of para-hydroxylation sites is 1. The summed E-state index contributed by atoms with van der Waals surface area (Å²) in [5, 5.41) is 2.87. The molecule has 1 heterocycles. The van der Waals surface area contributed by atoms with Crippen LogP contribution in [0.4, 0.5) is 4.79 Å². The van der Waals surface area contributed by atoms with E-state index in [0.717, 1.165) is 24.2 Å². The number of nitrogens with one attached hydrogen (secondary N) is 1. The Bertz CT molecular complexity index is 690. The normalized spacial score (nSPS) is 19.6. The predicted octanol–water partition coefficient (Wildman–Crippen LogP) is 3.88. The van der Waals surface area contributed by atoms with Crippen LogP contribution in [0, 0.1) is 0 Å². The molecule has 0 spiro atoms. The van der Waals surface area contributed by atoms with Gasteiger partial charge in [-0.1, -0.05) is 25.1 Å². The highest BCUT2D eigenvalue weighted by Crippen LogP contribution is 2.46. The minimum Gasteiger partial charge on any atom is -0.496 e. The molecule has 1 aromatic rings. The molecule has 0 aromatic heterocycles. The second kappa shape index (κ2) is 9.54. The first kappa shape index (κ1) is 22.4. The van der Waals surface area contributed by atoms with Crippen molar-refractivity contribution in [1.29, 1.82) is 0 Å².